The van der Waals surface area contributed by atoms with Gasteiger partial charge in [0.25, 0.3) is 0 Å². The summed E-state index contributed by atoms with van der Waals surface area (Å²) in [6.07, 6.45) is 3.85. The van der Waals surface area contributed by atoms with Crippen LogP contribution in [-0.4, -0.2) is 60.6 Å². The number of aryl methyl sites for hydroxylation is 3. The van der Waals surface area contributed by atoms with Crippen molar-refractivity contribution in [2.24, 2.45) is 14.1 Å². The summed E-state index contributed by atoms with van der Waals surface area (Å²) in [4.78, 5) is 24.2. The molecule has 1 aliphatic rings. The van der Waals surface area contributed by atoms with E-state index in [1.54, 1.807) is 28.9 Å². The van der Waals surface area contributed by atoms with Gasteiger partial charge in [0.05, 0.1) is 16.5 Å². The van der Waals surface area contributed by atoms with Crippen LogP contribution in [0.15, 0.2) is 12.5 Å². The van der Waals surface area contributed by atoms with Gasteiger partial charge in [0, 0.05) is 40.3 Å². The van der Waals surface area contributed by atoms with Crippen LogP contribution in [0.1, 0.15) is 12.6 Å². The van der Waals surface area contributed by atoms with Gasteiger partial charge in [-0.3, -0.25) is 14.8 Å². The van der Waals surface area contributed by atoms with Gasteiger partial charge in [-0.2, -0.15) is 10.2 Å². The number of aromatic nitrogens is 6. The Morgan fingerprint density at radius 2 is 1.81 bits per heavy atom. The lowest BCUT2D eigenvalue weighted by Crippen LogP contribution is -2.47. The first-order chi connectivity index (χ1) is 13.0. The van der Waals surface area contributed by atoms with Gasteiger partial charge < -0.3 is 9.80 Å². The predicted molar refractivity (Wildman–Crippen MR) is 100.0 cm³/mol. The Morgan fingerprint density at radius 1 is 1.11 bits per heavy atom. The molecule has 27 heavy (non-hydrogen) atoms. The summed E-state index contributed by atoms with van der Waals surface area (Å²) in [6, 6.07) is 0. The van der Waals surface area contributed by atoms with Crippen molar-refractivity contribution in [2.75, 3.05) is 36.0 Å². The molecular weight excluding hydrogens is 350 g/mol. The molecule has 0 radical (unpaired) electrons. The van der Waals surface area contributed by atoms with E-state index in [1.165, 1.54) is 0 Å². The maximum absolute atomic E-state index is 11.6. The lowest BCUT2D eigenvalue weighted by molar-refractivity contribution is -0.384. The molecule has 0 aliphatic carbocycles. The zero-order chi connectivity index (χ0) is 19.1. The van der Waals surface area contributed by atoms with Crippen molar-refractivity contribution in [1.29, 1.82) is 0 Å². The molecule has 0 unspecified atom stereocenters. The number of piperazine rings is 1. The molecule has 1 aliphatic heterocycles. The highest BCUT2D eigenvalue weighted by Gasteiger charge is 2.32. The molecule has 4 heterocycles. The summed E-state index contributed by atoms with van der Waals surface area (Å²) >= 11 is 0. The van der Waals surface area contributed by atoms with Crippen molar-refractivity contribution in [3.63, 3.8) is 0 Å². The number of nitrogens with zero attached hydrogens (tertiary/aromatic N) is 9. The Balaban J connectivity index is 1.60. The van der Waals surface area contributed by atoms with Gasteiger partial charge in [0.2, 0.25) is 5.82 Å². The third kappa shape index (κ3) is 2.75. The van der Waals surface area contributed by atoms with Crippen LogP contribution in [0.4, 0.5) is 17.3 Å². The van der Waals surface area contributed by atoms with E-state index >= 15 is 0 Å². The van der Waals surface area contributed by atoms with Crippen molar-refractivity contribution >= 4 is 28.4 Å². The van der Waals surface area contributed by atoms with Crippen molar-refractivity contribution in [2.45, 2.75) is 13.3 Å². The minimum atomic E-state index is -0.322. The SMILES string of the molecule is CCc1nn(C)c(N2CCN(c3ncnc4c3cnn4C)CC2)c1[N+](=O)[O-]. The van der Waals surface area contributed by atoms with E-state index in [4.69, 9.17) is 0 Å². The minimum absolute atomic E-state index is 0.116. The highest BCUT2D eigenvalue weighted by Crippen LogP contribution is 2.33. The quantitative estimate of drug-likeness (QED) is 0.491. The molecule has 0 saturated carbocycles. The Morgan fingerprint density at radius 3 is 2.48 bits per heavy atom. The predicted octanol–water partition coefficient (Wildman–Crippen LogP) is 0.894. The molecule has 0 atom stereocenters. The first kappa shape index (κ1) is 17.2. The Labute approximate surface area is 155 Å². The van der Waals surface area contributed by atoms with Gasteiger partial charge >= 0.3 is 5.69 Å². The van der Waals surface area contributed by atoms with Crippen LogP contribution in [0.3, 0.4) is 0 Å². The summed E-state index contributed by atoms with van der Waals surface area (Å²) in [5.74, 6) is 1.42. The Bertz CT molecular complexity index is 1000. The van der Waals surface area contributed by atoms with Crippen LogP contribution in [0.25, 0.3) is 11.0 Å². The maximum atomic E-state index is 11.6. The fourth-order valence-corrected chi connectivity index (χ4v) is 3.67. The zero-order valence-electron chi connectivity index (χ0n) is 15.5. The molecule has 11 nitrogen and oxygen atoms in total. The molecule has 4 rings (SSSR count). The number of anilines is 2. The number of nitro groups is 1. The fraction of sp³-hybridized carbons (Fsp3) is 0.500. The molecule has 0 bridgehead atoms. The van der Waals surface area contributed by atoms with Crippen molar-refractivity contribution < 1.29 is 4.92 Å². The third-order valence-electron chi connectivity index (χ3n) is 4.97. The second-order valence-corrected chi connectivity index (χ2v) is 6.53. The number of rotatable bonds is 4. The summed E-state index contributed by atoms with van der Waals surface area (Å²) in [5, 5.41) is 21.1. The average molecular weight is 371 g/mol. The topological polar surface area (TPSA) is 111 Å². The zero-order valence-corrected chi connectivity index (χ0v) is 15.5. The van der Waals surface area contributed by atoms with Crippen LogP contribution in [0.2, 0.25) is 0 Å². The second-order valence-electron chi connectivity index (χ2n) is 6.53. The van der Waals surface area contributed by atoms with E-state index < -0.39 is 0 Å². The Hall–Kier alpha value is -3.24. The molecule has 0 spiro atoms. The Kier molecular flexibility index (Phi) is 4.13. The molecule has 3 aromatic rings. The van der Waals surface area contributed by atoms with E-state index in [2.05, 4.69) is 25.1 Å². The lowest BCUT2D eigenvalue weighted by atomic mass is 10.2. The summed E-state index contributed by atoms with van der Waals surface area (Å²) < 4.78 is 3.35. The van der Waals surface area contributed by atoms with E-state index in [0.717, 1.165) is 16.9 Å². The monoisotopic (exact) mass is 371 g/mol. The van der Waals surface area contributed by atoms with Gasteiger partial charge in [0.1, 0.15) is 17.8 Å². The number of fused-ring (bicyclic) bond motifs is 1. The minimum Gasteiger partial charge on any atom is -0.352 e. The van der Waals surface area contributed by atoms with E-state index in [0.29, 0.717) is 44.1 Å². The first-order valence-corrected chi connectivity index (χ1v) is 8.84. The molecule has 142 valence electrons. The normalized spacial score (nSPS) is 14.9. The van der Waals surface area contributed by atoms with Gasteiger partial charge in [-0.15, -0.1) is 0 Å². The maximum Gasteiger partial charge on any atom is 0.334 e. The third-order valence-corrected chi connectivity index (χ3v) is 4.97. The van der Waals surface area contributed by atoms with Gasteiger partial charge in [0.15, 0.2) is 5.65 Å². The van der Waals surface area contributed by atoms with E-state index in [1.807, 2.05) is 18.9 Å². The van der Waals surface area contributed by atoms with Crippen molar-refractivity contribution in [3.05, 3.63) is 28.3 Å². The molecule has 0 N–H and O–H groups in total. The van der Waals surface area contributed by atoms with Crippen LogP contribution in [0.5, 0.6) is 0 Å². The van der Waals surface area contributed by atoms with Crippen LogP contribution in [0, 0.1) is 10.1 Å². The van der Waals surface area contributed by atoms with Gasteiger partial charge in [-0.25, -0.2) is 14.6 Å². The molecule has 0 aromatic carbocycles. The van der Waals surface area contributed by atoms with Crippen LogP contribution in [-0.2, 0) is 20.5 Å². The summed E-state index contributed by atoms with van der Waals surface area (Å²) in [7, 11) is 3.61. The van der Waals surface area contributed by atoms with E-state index in [9.17, 15) is 10.1 Å². The highest BCUT2D eigenvalue weighted by molar-refractivity contribution is 5.86. The molecular formula is C16H21N9O2. The van der Waals surface area contributed by atoms with E-state index in [-0.39, 0.29) is 10.6 Å². The van der Waals surface area contributed by atoms with Crippen LogP contribution < -0.4 is 9.80 Å². The molecule has 1 fully saturated rings. The molecule has 11 heteroatoms. The largest absolute Gasteiger partial charge is 0.352 e. The summed E-state index contributed by atoms with van der Waals surface area (Å²) in [5.41, 5.74) is 1.43. The highest BCUT2D eigenvalue weighted by atomic mass is 16.6. The fourth-order valence-electron chi connectivity index (χ4n) is 3.67. The van der Waals surface area contributed by atoms with Gasteiger partial charge in [-0.1, -0.05) is 6.92 Å². The van der Waals surface area contributed by atoms with Gasteiger partial charge in [-0.05, 0) is 6.42 Å². The smallest absolute Gasteiger partial charge is 0.334 e. The lowest BCUT2D eigenvalue weighted by Gasteiger charge is -2.36. The standard InChI is InChI=1S/C16H21N9O2/c1-4-12-13(25(26)27)16(22(3)20-12)24-7-5-23(6-8-24)15-11-9-19-21(2)14(11)17-10-18-15/h9-10H,4-8H2,1-3H3. The second kappa shape index (κ2) is 6.49. The van der Waals surface area contributed by atoms with Crippen LogP contribution >= 0.6 is 0 Å². The summed E-state index contributed by atoms with van der Waals surface area (Å²) in [6.45, 7) is 4.57. The first-order valence-electron chi connectivity index (χ1n) is 8.84. The average Bonchev–Trinajstić information content (AvgIpc) is 3.22. The number of hydrogen-bond acceptors (Lipinski definition) is 8. The number of hydrogen-bond donors (Lipinski definition) is 0. The molecule has 1 saturated heterocycles. The van der Waals surface area contributed by atoms with Crippen molar-refractivity contribution in [1.82, 2.24) is 29.5 Å². The van der Waals surface area contributed by atoms with Crippen molar-refractivity contribution in [3.8, 4) is 0 Å². The molecule has 3 aromatic heterocycles. The molecule has 0 amide bonds.